The summed E-state index contributed by atoms with van der Waals surface area (Å²) < 4.78 is 27.1. The molecule has 0 aliphatic carbocycles. The lowest BCUT2D eigenvalue weighted by Crippen LogP contribution is -2.36. The summed E-state index contributed by atoms with van der Waals surface area (Å²) in [6.45, 7) is 0.509. The average Bonchev–Trinajstić information content (AvgIpc) is 2.96. The number of nitrogens with zero attached hydrogens (tertiary/aromatic N) is 3. The van der Waals surface area contributed by atoms with Crippen LogP contribution in [0.4, 0.5) is 5.95 Å². The molecule has 0 radical (unpaired) electrons. The molecule has 2 rings (SSSR count). The number of hydrogen-bond acceptors (Lipinski definition) is 7. The predicted octanol–water partition coefficient (Wildman–Crippen LogP) is -1.93. The predicted molar refractivity (Wildman–Crippen MR) is 78.2 cm³/mol. The summed E-state index contributed by atoms with van der Waals surface area (Å²) in [6.07, 6.45) is 4.10. The van der Waals surface area contributed by atoms with E-state index in [0.717, 1.165) is 3.97 Å². The molecule has 2 heterocycles. The Balaban J connectivity index is 2.02. The molecule has 1 aliphatic heterocycles. The third-order valence-electron chi connectivity index (χ3n) is 3.70. The Morgan fingerprint density at radius 3 is 2.71 bits per heavy atom. The molecule has 0 amide bonds. The quantitative estimate of drug-likeness (QED) is 0.447. The maximum absolute atomic E-state index is 12.4. The number of rotatable bonds is 6. The van der Waals surface area contributed by atoms with Crippen molar-refractivity contribution >= 4 is 23.3 Å². The number of aromatic nitrogens is 2. The van der Waals surface area contributed by atoms with Crippen LogP contribution in [0.25, 0.3) is 0 Å². The number of nitrogens with two attached hydrogens (primary N) is 2. The van der Waals surface area contributed by atoms with E-state index in [1.165, 1.54) is 16.7 Å². The number of hydrogen-bond donors (Lipinski definition) is 4. The average molecular weight is 317 g/mol. The van der Waals surface area contributed by atoms with Gasteiger partial charge in [0, 0.05) is 31.5 Å². The third-order valence-corrected chi connectivity index (χ3v) is 5.46. The van der Waals surface area contributed by atoms with Crippen LogP contribution in [0.2, 0.25) is 6.32 Å². The maximum atomic E-state index is 12.4. The summed E-state index contributed by atoms with van der Waals surface area (Å²) in [7, 11) is -5.09. The largest absolute Gasteiger partial charge is 0.451 e. The molecule has 2 atom stereocenters. The molecule has 21 heavy (non-hydrogen) atoms. The van der Waals surface area contributed by atoms with Crippen molar-refractivity contribution in [3.63, 3.8) is 0 Å². The van der Waals surface area contributed by atoms with Gasteiger partial charge in [0.2, 0.25) is 5.95 Å². The second kappa shape index (κ2) is 6.32. The van der Waals surface area contributed by atoms with Gasteiger partial charge in [-0.3, -0.25) is 0 Å². The molecule has 1 aliphatic rings. The van der Waals surface area contributed by atoms with Crippen LogP contribution in [0.3, 0.4) is 0 Å². The first-order chi connectivity index (χ1) is 9.82. The number of nitrogen functional groups attached to an aromatic ring is 1. The van der Waals surface area contributed by atoms with E-state index >= 15 is 0 Å². The molecule has 118 valence electrons. The minimum atomic E-state index is -3.75. The molecular formula is C10H20BN5O4S. The van der Waals surface area contributed by atoms with Gasteiger partial charge in [-0.25, -0.2) is 4.98 Å². The fourth-order valence-electron chi connectivity index (χ4n) is 2.54. The van der Waals surface area contributed by atoms with Crippen LogP contribution in [0.1, 0.15) is 12.8 Å². The third kappa shape index (κ3) is 3.55. The number of anilines is 1. The molecule has 1 fully saturated rings. The van der Waals surface area contributed by atoms with Crippen LogP contribution in [-0.2, 0) is 10.2 Å². The smallest absolute Gasteiger partial charge is 0.427 e. The molecular weight excluding hydrogens is 297 g/mol. The molecule has 1 aromatic heterocycles. The van der Waals surface area contributed by atoms with Crippen molar-refractivity contribution in [1.29, 1.82) is 0 Å². The Morgan fingerprint density at radius 1 is 1.43 bits per heavy atom. The maximum Gasteiger partial charge on any atom is 0.451 e. The highest BCUT2D eigenvalue weighted by molar-refractivity contribution is 7.87. The van der Waals surface area contributed by atoms with Gasteiger partial charge in [0.05, 0.1) is 0 Å². The second-order valence-electron chi connectivity index (χ2n) is 5.24. The molecule has 0 aromatic carbocycles. The van der Waals surface area contributed by atoms with Gasteiger partial charge in [0.1, 0.15) is 0 Å². The monoisotopic (exact) mass is 317 g/mol. The van der Waals surface area contributed by atoms with Crippen molar-refractivity contribution in [1.82, 2.24) is 13.3 Å². The normalized spacial score (nSPS) is 23.6. The van der Waals surface area contributed by atoms with E-state index in [2.05, 4.69) is 4.98 Å². The Labute approximate surface area is 123 Å². The van der Waals surface area contributed by atoms with E-state index in [1.807, 2.05) is 0 Å². The Kier molecular flexibility index (Phi) is 4.89. The van der Waals surface area contributed by atoms with Crippen LogP contribution >= 0.6 is 0 Å². The molecule has 0 unspecified atom stereocenters. The molecule has 0 bridgehead atoms. The minimum Gasteiger partial charge on any atom is -0.427 e. The second-order valence-corrected chi connectivity index (χ2v) is 7.05. The van der Waals surface area contributed by atoms with E-state index in [4.69, 9.17) is 21.5 Å². The highest BCUT2D eigenvalue weighted by Gasteiger charge is 2.37. The van der Waals surface area contributed by atoms with E-state index < -0.39 is 17.3 Å². The van der Waals surface area contributed by atoms with Gasteiger partial charge in [-0.1, -0.05) is 6.42 Å². The summed E-state index contributed by atoms with van der Waals surface area (Å²) in [4.78, 5) is 3.71. The Morgan fingerprint density at radius 2 is 2.14 bits per heavy atom. The van der Waals surface area contributed by atoms with Gasteiger partial charge >= 0.3 is 17.3 Å². The topological polar surface area (TPSA) is 148 Å². The fourth-order valence-corrected chi connectivity index (χ4v) is 4.02. The van der Waals surface area contributed by atoms with Crippen LogP contribution in [0.5, 0.6) is 0 Å². The fraction of sp³-hybridized carbons (Fsp3) is 0.700. The van der Waals surface area contributed by atoms with Crippen molar-refractivity contribution in [2.24, 2.45) is 11.7 Å². The Bertz CT molecular complexity index is 578. The summed E-state index contributed by atoms with van der Waals surface area (Å²) in [5, 5.41) is 17.6. The standard InChI is InChI=1S/C10H20BN5O4S/c12-9-7-15(6-8(9)2-1-3-11(17)18)21(19,20)16-5-4-14-10(16)13/h4-5,8-9,17-18H,1-3,6-7,12H2,(H2,13,14)/t8-,9-/m0/s1. The zero-order valence-corrected chi connectivity index (χ0v) is 12.4. The van der Waals surface area contributed by atoms with Crippen LogP contribution < -0.4 is 11.5 Å². The molecule has 0 saturated carbocycles. The van der Waals surface area contributed by atoms with Crippen molar-refractivity contribution in [2.75, 3.05) is 18.8 Å². The lowest BCUT2D eigenvalue weighted by Gasteiger charge is -2.17. The van der Waals surface area contributed by atoms with Gasteiger partial charge in [-0.15, -0.1) is 0 Å². The van der Waals surface area contributed by atoms with Crippen molar-refractivity contribution < 1.29 is 18.5 Å². The highest BCUT2D eigenvalue weighted by atomic mass is 32.2. The molecule has 0 spiro atoms. The minimum absolute atomic E-state index is 0.0109. The zero-order valence-electron chi connectivity index (χ0n) is 11.5. The summed E-state index contributed by atoms with van der Waals surface area (Å²) in [5.74, 6) is -0.0984. The summed E-state index contributed by atoms with van der Waals surface area (Å²) in [5.41, 5.74) is 11.5. The lowest BCUT2D eigenvalue weighted by atomic mass is 9.82. The first-order valence-corrected chi connectivity index (χ1v) is 8.13. The Hall–Kier alpha value is -1.14. The van der Waals surface area contributed by atoms with Crippen LogP contribution in [0.15, 0.2) is 12.4 Å². The highest BCUT2D eigenvalue weighted by Crippen LogP contribution is 2.25. The van der Waals surface area contributed by atoms with Crippen molar-refractivity contribution in [3.05, 3.63) is 12.4 Å². The SMILES string of the molecule is Nc1nccn1S(=O)(=O)N1C[C@H](CCCB(O)O)[C@@H](N)C1. The van der Waals surface area contributed by atoms with Crippen molar-refractivity contribution in [2.45, 2.75) is 25.2 Å². The molecule has 1 saturated heterocycles. The lowest BCUT2D eigenvalue weighted by molar-refractivity contribution is 0.390. The van der Waals surface area contributed by atoms with E-state index in [-0.39, 0.29) is 30.8 Å². The molecule has 6 N–H and O–H groups in total. The van der Waals surface area contributed by atoms with Gasteiger partial charge in [-0.2, -0.15) is 16.7 Å². The summed E-state index contributed by atoms with van der Waals surface area (Å²) >= 11 is 0. The number of imidazole rings is 1. The van der Waals surface area contributed by atoms with Gasteiger partial charge in [-0.05, 0) is 18.7 Å². The molecule has 9 nitrogen and oxygen atoms in total. The van der Waals surface area contributed by atoms with Gasteiger partial charge in [0.15, 0.2) is 0 Å². The first kappa shape index (κ1) is 16.2. The van der Waals surface area contributed by atoms with Gasteiger partial charge in [0.25, 0.3) is 0 Å². The van der Waals surface area contributed by atoms with Crippen LogP contribution in [-0.4, -0.2) is 58.0 Å². The zero-order chi connectivity index (χ0) is 15.6. The summed E-state index contributed by atoms with van der Waals surface area (Å²) in [6, 6.07) is -0.277. The molecule has 1 aromatic rings. The molecule has 11 heteroatoms. The van der Waals surface area contributed by atoms with E-state index in [9.17, 15) is 8.42 Å². The van der Waals surface area contributed by atoms with Crippen LogP contribution in [0, 0.1) is 5.92 Å². The van der Waals surface area contributed by atoms with E-state index in [1.54, 1.807) is 0 Å². The van der Waals surface area contributed by atoms with Gasteiger partial charge < -0.3 is 21.5 Å². The van der Waals surface area contributed by atoms with E-state index in [0.29, 0.717) is 19.4 Å². The first-order valence-electron chi connectivity index (χ1n) is 6.73. The van der Waals surface area contributed by atoms with Crippen molar-refractivity contribution in [3.8, 4) is 0 Å².